The van der Waals surface area contributed by atoms with Crippen LogP contribution < -0.4 is 0 Å². The second kappa shape index (κ2) is 8.17. The molecular weight excluding hydrogens is 496 g/mol. The fourth-order valence-electron chi connectivity index (χ4n) is 3.97. The molecule has 1 heterocycles. The average molecular weight is 514 g/mol. The molecule has 0 radical (unpaired) electrons. The van der Waals surface area contributed by atoms with Gasteiger partial charge in [0.1, 0.15) is 5.78 Å². The third-order valence-corrected chi connectivity index (χ3v) is 9.55. The quantitative estimate of drug-likeness (QED) is 0.418. The smallest absolute Gasteiger partial charge is 0.179 e. The lowest BCUT2D eigenvalue weighted by atomic mass is 9.82. The van der Waals surface area contributed by atoms with Crippen LogP contribution >= 0.6 is 39.3 Å². The first-order chi connectivity index (χ1) is 13.8. The molecule has 0 saturated heterocycles. The second-order valence-electron chi connectivity index (χ2n) is 7.28. The predicted molar refractivity (Wildman–Crippen MR) is 118 cm³/mol. The van der Waals surface area contributed by atoms with Crippen LogP contribution in [0.2, 0.25) is 5.02 Å². The molecule has 1 aliphatic carbocycles. The standard InChI is InChI=1S/C21H18BrClO4S2/c22-12-4-6-13(7-5-12)28-17-3-1-2-16(24)19(17)21(25)15-8-9-18-14(20(15)23)10-11-29(18,26)27/h4-9,17,19H,1-3,10-11H2. The highest BCUT2D eigenvalue weighted by Gasteiger charge is 2.40. The van der Waals surface area contributed by atoms with Crippen molar-refractivity contribution in [2.24, 2.45) is 5.92 Å². The van der Waals surface area contributed by atoms with Crippen LogP contribution in [-0.2, 0) is 21.1 Å². The number of halogens is 2. The molecule has 8 heteroatoms. The molecule has 4 nitrogen and oxygen atoms in total. The van der Waals surface area contributed by atoms with E-state index in [1.807, 2.05) is 24.3 Å². The number of ketones is 2. The van der Waals surface area contributed by atoms with Gasteiger partial charge in [-0.2, -0.15) is 0 Å². The van der Waals surface area contributed by atoms with Crippen molar-refractivity contribution in [2.75, 3.05) is 5.75 Å². The van der Waals surface area contributed by atoms with Gasteiger partial charge in [-0.25, -0.2) is 8.42 Å². The highest BCUT2D eigenvalue weighted by atomic mass is 79.9. The molecule has 0 spiro atoms. The van der Waals surface area contributed by atoms with Gasteiger partial charge in [0.25, 0.3) is 0 Å². The van der Waals surface area contributed by atoms with Gasteiger partial charge in [-0.1, -0.05) is 27.5 Å². The molecule has 2 atom stereocenters. The second-order valence-corrected chi connectivity index (χ2v) is 12.0. The summed E-state index contributed by atoms with van der Waals surface area (Å²) in [7, 11) is -3.33. The zero-order valence-corrected chi connectivity index (χ0v) is 19.3. The molecule has 29 heavy (non-hydrogen) atoms. The zero-order chi connectivity index (χ0) is 20.8. The van der Waals surface area contributed by atoms with Crippen LogP contribution in [0, 0.1) is 5.92 Å². The molecule has 2 unspecified atom stereocenters. The maximum Gasteiger partial charge on any atom is 0.179 e. The van der Waals surface area contributed by atoms with Gasteiger partial charge in [0.2, 0.25) is 0 Å². The lowest BCUT2D eigenvalue weighted by molar-refractivity contribution is -0.122. The molecule has 2 aliphatic rings. The predicted octanol–water partition coefficient (Wildman–Crippen LogP) is 5.15. The van der Waals surface area contributed by atoms with E-state index in [0.717, 1.165) is 22.2 Å². The first-order valence-corrected chi connectivity index (χ1v) is 13.0. The summed E-state index contributed by atoms with van der Waals surface area (Å²) in [5.74, 6) is -1.14. The van der Waals surface area contributed by atoms with Crippen LogP contribution in [0.5, 0.6) is 0 Å². The summed E-state index contributed by atoms with van der Waals surface area (Å²) in [5.41, 5.74) is 0.752. The van der Waals surface area contributed by atoms with Crippen molar-refractivity contribution in [3.63, 3.8) is 0 Å². The van der Waals surface area contributed by atoms with Gasteiger partial charge in [-0.15, -0.1) is 11.8 Å². The normalized spacial score (nSPS) is 23.0. The highest BCUT2D eigenvalue weighted by molar-refractivity contribution is 9.10. The monoisotopic (exact) mass is 512 g/mol. The number of carbonyl (C=O) groups excluding carboxylic acids is 2. The van der Waals surface area contributed by atoms with E-state index < -0.39 is 15.8 Å². The van der Waals surface area contributed by atoms with Crippen LogP contribution in [0.25, 0.3) is 0 Å². The minimum Gasteiger partial charge on any atom is -0.299 e. The van der Waals surface area contributed by atoms with E-state index in [1.54, 1.807) is 0 Å². The van der Waals surface area contributed by atoms with Crippen molar-refractivity contribution in [3.8, 4) is 0 Å². The summed E-state index contributed by atoms with van der Waals surface area (Å²) in [5, 5.41) is 0.0114. The Labute approximate surface area is 187 Å². The third-order valence-electron chi connectivity index (χ3n) is 5.44. The Morgan fingerprint density at radius 3 is 2.55 bits per heavy atom. The molecule has 1 fully saturated rings. The number of Topliss-reactive ketones (excluding diaryl/α,β-unsaturated/α-hetero) is 2. The van der Waals surface area contributed by atoms with E-state index in [-0.39, 0.29) is 38.1 Å². The van der Waals surface area contributed by atoms with Crippen molar-refractivity contribution in [2.45, 2.75) is 40.7 Å². The van der Waals surface area contributed by atoms with Gasteiger partial charge in [-0.05, 0) is 61.2 Å². The van der Waals surface area contributed by atoms with E-state index >= 15 is 0 Å². The zero-order valence-electron chi connectivity index (χ0n) is 15.4. The van der Waals surface area contributed by atoms with E-state index in [1.165, 1.54) is 23.9 Å². The first kappa shape index (κ1) is 21.1. The van der Waals surface area contributed by atoms with Gasteiger partial charge in [0, 0.05) is 26.6 Å². The molecule has 152 valence electrons. The van der Waals surface area contributed by atoms with Crippen molar-refractivity contribution in [1.29, 1.82) is 0 Å². The van der Waals surface area contributed by atoms with Crippen LogP contribution in [0.4, 0.5) is 0 Å². The Morgan fingerprint density at radius 1 is 1.10 bits per heavy atom. The van der Waals surface area contributed by atoms with E-state index in [4.69, 9.17) is 11.6 Å². The Balaban J connectivity index is 1.66. The number of carbonyl (C=O) groups is 2. The topological polar surface area (TPSA) is 68.3 Å². The first-order valence-electron chi connectivity index (χ1n) is 9.31. The summed E-state index contributed by atoms with van der Waals surface area (Å²) in [4.78, 5) is 27.3. The Bertz CT molecular complexity index is 1100. The van der Waals surface area contributed by atoms with E-state index in [2.05, 4.69) is 15.9 Å². The molecule has 0 aromatic heterocycles. The number of fused-ring (bicyclic) bond motifs is 1. The summed E-state index contributed by atoms with van der Waals surface area (Å²) >= 11 is 11.4. The lowest BCUT2D eigenvalue weighted by Gasteiger charge is -2.29. The Kier molecular flexibility index (Phi) is 5.95. The third kappa shape index (κ3) is 4.07. The van der Waals surface area contributed by atoms with Crippen molar-refractivity contribution in [3.05, 3.63) is 57.0 Å². The van der Waals surface area contributed by atoms with Gasteiger partial charge in [0.15, 0.2) is 15.6 Å². The molecule has 4 rings (SSSR count). The van der Waals surface area contributed by atoms with E-state index in [0.29, 0.717) is 18.4 Å². The van der Waals surface area contributed by atoms with Crippen LogP contribution in [-0.4, -0.2) is 31.0 Å². The summed E-state index contributed by atoms with van der Waals surface area (Å²) in [6.45, 7) is 0. The minimum absolute atomic E-state index is 0.00407. The van der Waals surface area contributed by atoms with Crippen molar-refractivity contribution < 1.29 is 18.0 Å². The molecule has 0 bridgehead atoms. The molecule has 2 aromatic carbocycles. The SMILES string of the molecule is O=C1CCCC(Sc2ccc(Br)cc2)C1C(=O)c1ccc2c(c1Cl)CCS2(=O)=O. The summed E-state index contributed by atoms with van der Waals surface area (Å²) in [6.07, 6.45) is 2.20. The van der Waals surface area contributed by atoms with Gasteiger partial charge in [-0.3, -0.25) is 9.59 Å². The van der Waals surface area contributed by atoms with Crippen LogP contribution in [0.15, 0.2) is 50.7 Å². The number of hydrogen-bond acceptors (Lipinski definition) is 5. The molecule has 0 amide bonds. The van der Waals surface area contributed by atoms with Gasteiger partial charge < -0.3 is 0 Å². The minimum atomic E-state index is -3.33. The fraction of sp³-hybridized carbons (Fsp3) is 0.333. The Hall–Kier alpha value is -1.15. The molecule has 1 saturated carbocycles. The van der Waals surface area contributed by atoms with E-state index in [9.17, 15) is 18.0 Å². The maximum atomic E-state index is 13.4. The fourth-order valence-corrected chi connectivity index (χ4v) is 7.53. The van der Waals surface area contributed by atoms with Crippen LogP contribution in [0.3, 0.4) is 0 Å². The van der Waals surface area contributed by atoms with Crippen molar-refractivity contribution >= 4 is 60.7 Å². The van der Waals surface area contributed by atoms with Crippen molar-refractivity contribution in [1.82, 2.24) is 0 Å². The number of thioether (sulfide) groups is 1. The average Bonchev–Trinajstić information content (AvgIpc) is 2.99. The number of sulfone groups is 1. The Morgan fingerprint density at radius 2 is 1.83 bits per heavy atom. The molecule has 1 aliphatic heterocycles. The number of benzene rings is 2. The van der Waals surface area contributed by atoms with Gasteiger partial charge in [0.05, 0.1) is 21.6 Å². The summed E-state index contributed by atoms with van der Waals surface area (Å²) in [6, 6.07) is 10.7. The lowest BCUT2D eigenvalue weighted by Crippen LogP contribution is -2.37. The molecule has 0 N–H and O–H groups in total. The van der Waals surface area contributed by atoms with Crippen LogP contribution in [0.1, 0.15) is 35.2 Å². The molecule has 2 aromatic rings. The number of rotatable bonds is 4. The number of hydrogen-bond donors (Lipinski definition) is 0. The highest BCUT2D eigenvalue weighted by Crippen LogP contribution is 2.40. The maximum absolute atomic E-state index is 13.4. The molecular formula is C21H18BrClO4S2. The van der Waals surface area contributed by atoms with Gasteiger partial charge >= 0.3 is 0 Å². The summed E-state index contributed by atoms with van der Waals surface area (Å²) < 4.78 is 25.2. The largest absolute Gasteiger partial charge is 0.299 e.